The zero-order valence-corrected chi connectivity index (χ0v) is 11.8. The highest BCUT2D eigenvalue weighted by Gasteiger charge is 2.41. The van der Waals surface area contributed by atoms with Crippen LogP contribution in [0.1, 0.15) is 37.3 Å². The molecule has 0 radical (unpaired) electrons. The van der Waals surface area contributed by atoms with Gasteiger partial charge >= 0.3 is 0 Å². The Morgan fingerprint density at radius 2 is 1.74 bits per heavy atom. The molecule has 0 saturated heterocycles. The number of nitrogens with one attached hydrogen (secondary N) is 1. The molecule has 2 aliphatic rings. The van der Waals surface area contributed by atoms with E-state index in [1.165, 1.54) is 31.2 Å². The van der Waals surface area contributed by atoms with Crippen LogP contribution in [-0.2, 0) is 4.74 Å². The van der Waals surface area contributed by atoms with E-state index < -0.39 is 0 Å². The Kier molecular flexibility index (Phi) is 4.19. The highest BCUT2D eigenvalue weighted by molar-refractivity contribution is 5.19. The zero-order chi connectivity index (χ0) is 13.1. The zero-order valence-electron chi connectivity index (χ0n) is 11.8. The van der Waals surface area contributed by atoms with Gasteiger partial charge in [0.25, 0.3) is 0 Å². The summed E-state index contributed by atoms with van der Waals surface area (Å²) in [5.74, 6) is 2.95. The normalized spacial score (nSPS) is 20.7. The Bertz CT molecular complexity index is 372. The monoisotopic (exact) mass is 259 g/mol. The largest absolute Gasteiger partial charge is 0.383 e. The maximum absolute atomic E-state index is 5.38. The second-order valence-corrected chi connectivity index (χ2v) is 6.17. The molecule has 2 heteroatoms. The van der Waals surface area contributed by atoms with Crippen LogP contribution in [-0.4, -0.2) is 20.3 Å². The minimum atomic E-state index is 0.339. The van der Waals surface area contributed by atoms with Gasteiger partial charge in [-0.15, -0.1) is 0 Å². The van der Waals surface area contributed by atoms with E-state index in [4.69, 9.17) is 4.74 Å². The van der Waals surface area contributed by atoms with Gasteiger partial charge in [0.15, 0.2) is 0 Å². The molecule has 2 fully saturated rings. The molecule has 0 bridgehead atoms. The molecule has 1 aromatic carbocycles. The summed E-state index contributed by atoms with van der Waals surface area (Å²) in [7, 11) is 1.79. The minimum Gasteiger partial charge on any atom is -0.383 e. The van der Waals surface area contributed by atoms with Crippen molar-refractivity contribution in [3.63, 3.8) is 0 Å². The molecule has 0 aliphatic heterocycles. The van der Waals surface area contributed by atoms with E-state index in [0.717, 1.165) is 30.9 Å². The van der Waals surface area contributed by atoms with Crippen molar-refractivity contribution in [3.05, 3.63) is 35.9 Å². The van der Waals surface area contributed by atoms with Gasteiger partial charge in [-0.3, -0.25) is 0 Å². The predicted molar refractivity (Wildman–Crippen MR) is 78.0 cm³/mol. The van der Waals surface area contributed by atoms with Gasteiger partial charge in [0.05, 0.1) is 12.6 Å². The van der Waals surface area contributed by atoms with Crippen molar-refractivity contribution in [2.24, 2.45) is 17.8 Å². The second-order valence-electron chi connectivity index (χ2n) is 6.17. The summed E-state index contributed by atoms with van der Waals surface area (Å²) in [6.45, 7) is 1.92. The van der Waals surface area contributed by atoms with Crippen LogP contribution in [0, 0.1) is 17.8 Å². The molecule has 0 amide bonds. The molecular weight excluding hydrogens is 234 g/mol. The molecule has 1 unspecified atom stereocenters. The van der Waals surface area contributed by atoms with Gasteiger partial charge in [0.1, 0.15) is 0 Å². The third kappa shape index (κ3) is 3.58. The highest BCUT2D eigenvalue weighted by atomic mass is 16.5. The van der Waals surface area contributed by atoms with Crippen molar-refractivity contribution in [3.8, 4) is 0 Å². The lowest BCUT2D eigenvalue weighted by molar-refractivity contribution is 0.162. The first-order chi connectivity index (χ1) is 9.38. The molecule has 19 heavy (non-hydrogen) atoms. The Morgan fingerprint density at radius 1 is 1.11 bits per heavy atom. The number of hydrogen-bond donors (Lipinski definition) is 1. The van der Waals surface area contributed by atoms with E-state index in [2.05, 4.69) is 35.6 Å². The summed E-state index contributed by atoms with van der Waals surface area (Å²) in [5.41, 5.74) is 1.34. The second kappa shape index (κ2) is 6.06. The summed E-state index contributed by atoms with van der Waals surface area (Å²) in [6.07, 6.45) is 5.85. The Balaban J connectivity index is 1.58. The van der Waals surface area contributed by atoms with Gasteiger partial charge in [-0.1, -0.05) is 30.3 Å². The molecule has 1 aromatic rings. The molecule has 2 nitrogen and oxygen atoms in total. The van der Waals surface area contributed by atoms with Gasteiger partial charge in [-0.25, -0.2) is 0 Å². The Morgan fingerprint density at radius 3 is 2.26 bits per heavy atom. The fourth-order valence-electron chi connectivity index (χ4n) is 3.17. The fourth-order valence-corrected chi connectivity index (χ4v) is 3.17. The standard InChI is InChI=1S/C17H25NO/c1-19-12-17(15-5-3-2-4-6-15)18-11-16(13-7-8-13)14-9-10-14/h2-6,13-14,16-18H,7-12H2,1H3. The number of methoxy groups -OCH3 is 1. The van der Waals surface area contributed by atoms with E-state index in [0.29, 0.717) is 6.04 Å². The third-order valence-electron chi connectivity index (χ3n) is 4.59. The quantitative estimate of drug-likeness (QED) is 0.772. The molecule has 1 atom stereocenters. The molecule has 0 spiro atoms. The maximum Gasteiger partial charge on any atom is 0.0657 e. The van der Waals surface area contributed by atoms with E-state index in [1.54, 1.807) is 7.11 Å². The SMILES string of the molecule is COCC(NCC(C1CC1)C1CC1)c1ccccc1. The molecule has 1 N–H and O–H groups in total. The third-order valence-corrected chi connectivity index (χ3v) is 4.59. The van der Waals surface area contributed by atoms with Crippen LogP contribution in [0.5, 0.6) is 0 Å². The number of hydrogen-bond acceptors (Lipinski definition) is 2. The van der Waals surface area contributed by atoms with Gasteiger partial charge in [0.2, 0.25) is 0 Å². The summed E-state index contributed by atoms with van der Waals surface area (Å²) in [6, 6.07) is 11.0. The van der Waals surface area contributed by atoms with Crippen LogP contribution in [0.2, 0.25) is 0 Å². The Hall–Kier alpha value is -0.860. The van der Waals surface area contributed by atoms with Crippen LogP contribution in [0.4, 0.5) is 0 Å². The maximum atomic E-state index is 5.38. The van der Waals surface area contributed by atoms with Crippen LogP contribution in [0.15, 0.2) is 30.3 Å². The number of benzene rings is 1. The highest BCUT2D eigenvalue weighted by Crippen LogP contribution is 2.48. The van der Waals surface area contributed by atoms with Crippen molar-refractivity contribution < 1.29 is 4.74 Å². The average molecular weight is 259 g/mol. The average Bonchev–Trinajstić information content (AvgIpc) is 3.32. The van der Waals surface area contributed by atoms with Gasteiger partial charge in [0, 0.05) is 7.11 Å². The number of ether oxygens (including phenoxy) is 1. The lowest BCUT2D eigenvalue weighted by Crippen LogP contribution is -2.31. The molecule has 0 aromatic heterocycles. The summed E-state index contributed by atoms with van der Waals surface area (Å²) in [5, 5.41) is 3.75. The van der Waals surface area contributed by atoms with Gasteiger partial charge in [-0.05, 0) is 55.5 Å². The smallest absolute Gasteiger partial charge is 0.0657 e. The molecule has 0 heterocycles. The van der Waals surface area contributed by atoms with Crippen LogP contribution >= 0.6 is 0 Å². The van der Waals surface area contributed by atoms with Crippen molar-refractivity contribution in [1.82, 2.24) is 5.32 Å². The van der Waals surface area contributed by atoms with Gasteiger partial charge in [-0.2, -0.15) is 0 Å². The molecule has 2 aliphatic carbocycles. The molecular formula is C17H25NO. The first-order valence-electron chi connectivity index (χ1n) is 7.65. The molecule has 104 valence electrons. The topological polar surface area (TPSA) is 21.3 Å². The summed E-state index contributed by atoms with van der Waals surface area (Å²) >= 11 is 0. The van der Waals surface area contributed by atoms with Crippen molar-refractivity contribution >= 4 is 0 Å². The first kappa shape index (κ1) is 13.1. The summed E-state index contributed by atoms with van der Waals surface area (Å²) < 4.78 is 5.38. The summed E-state index contributed by atoms with van der Waals surface area (Å²) in [4.78, 5) is 0. The van der Waals surface area contributed by atoms with Crippen LogP contribution in [0.25, 0.3) is 0 Å². The van der Waals surface area contributed by atoms with Crippen LogP contribution in [0.3, 0.4) is 0 Å². The van der Waals surface area contributed by atoms with E-state index >= 15 is 0 Å². The van der Waals surface area contributed by atoms with Gasteiger partial charge < -0.3 is 10.1 Å². The molecule has 3 rings (SSSR count). The van der Waals surface area contributed by atoms with Crippen LogP contribution < -0.4 is 5.32 Å². The predicted octanol–water partition coefficient (Wildman–Crippen LogP) is 3.40. The lowest BCUT2D eigenvalue weighted by Gasteiger charge is -2.23. The van der Waals surface area contributed by atoms with E-state index in [9.17, 15) is 0 Å². The number of rotatable bonds is 8. The Labute approximate surface area is 116 Å². The minimum absolute atomic E-state index is 0.339. The fraction of sp³-hybridized carbons (Fsp3) is 0.647. The first-order valence-corrected chi connectivity index (χ1v) is 7.65. The van der Waals surface area contributed by atoms with Crippen molar-refractivity contribution in [2.45, 2.75) is 31.7 Å². The van der Waals surface area contributed by atoms with E-state index in [-0.39, 0.29) is 0 Å². The van der Waals surface area contributed by atoms with Crippen molar-refractivity contribution in [2.75, 3.05) is 20.3 Å². The molecule has 2 saturated carbocycles. The van der Waals surface area contributed by atoms with E-state index in [1.807, 2.05) is 0 Å². The van der Waals surface area contributed by atoms with Crippen molar-refractivity contribution in [1.29, 1.82) is 0 Å². The lowest BCUT2D eigenvalue weighted by atomic mass is 9.97.